The van der Waals surface area contributed by atoms with E-state index in [0.29, 0.717) is 11.6 Å². The Morgan fingerprint density at radius 1 is 0.468 bits per heavy atom. The molecule has 3 aliphatic rings. The molecule has 0 bridgehead atoms. The van der Waals surface area contributed by atoms with E-state index in [9.17, 15) is 33.6 Å². The summed E-state index contributed by atoms with van der Waals surface area (Å²) in [6, 6.07) is 0. The second kappa shape index (κ2) is 52.7. The number of allylic oxidation sites excluding steroid dienone is 4. The zero-order valence-corrected chi connectivity index (χ0v) is 22.5. The third kappa shape index (κ3) is 59.2. The summed E-state index contributed by atoms with van der Waals surface area (Å²) in [5.74, 6) is 0.343. The van der Waals surface area contributed by atoms with Crippen LogP contribution in [0.25, 0.3) is 0 Å². The first kappa shape index (κ1) is 90.4. The highest BCUT2D eigenvalue weighted by atomic mass is 16.2. The first-order valence-corrected chi connectivity index (χ1v) is 12.1. The quantitative estimate of drug-likeness (QED) is 0.161. The summed E-state index contributed by atoms with van der Waals surface area (Å²) in [7, 11) is 0. The molecular formula is C40H90O7. The first-order valence-electron chi connectivity index (χ1n) is 12.1. The minimum absolute atomic E-state index is 0. The third-order valence-corrected chi connectivity index (χ3v) is 5.20. The normalized spacial score (nSPS) is 12.1. The Bertz CT molecular complexity index is 814. The van der Waals surface area contributed by atoms with Crippen LogP contribution in [0.3, 0.4) is 0 Å². The van der Waals surface area contributed by atoms with E-state index in [1.807, 2.05) is 27.7 Å². The Balaban J connectivity index is -0.0000000228. The van der Waals surface area contributed by atoms with Crippen molar-refractivity contribution >= 4 is 40.5 Å². The van der Waals surface area contributed by atoms with Crippen LogP contribution in [0.2, 0.25) is 0 Å². The minimum Gasteiger partial charge on any atom is -0.300 e. The van der Waals surface area contributed by atoms with Crippen LogP contribution < -0.4 is 0 Å². The highest BCUT2D eigenvalue weighted by molar-refractivity contribution is 6.35. The molecule has 0 N–H and O–H groups in total. The topological polar surface area (TPSA) is 119 Å². The largest absolute Gasteiger partial charge is 0.300 e. The predicted octanol–water partition coefficient (Wildman–Crippen LogP) is 12.9. The van der Waals surface area contributed by atoms with E-state index in [-0.39, 0.29) is 131 Å². The van der Waals surface area contributed by atoms with Gasteiger partial charge in [-0.25, -0.2) is 0 Å². The molecule has 0 aliphatic heterocycles. The molecule has 0 radical (unpaired) electrons. The van der Waals surface area contributed by atoms with Crippen molar-refractivity contribution < 1.29 is 33.6 Å². The monoisotopic (exact) mass is 683 g/mol. The van der Waals surface area contributed by atoms with Gasteiger partial charge in [-0.1, -0.05) is 107 Å². The van der Waals surface area contributed by atoms with E-state index in [4.69, 9.17) is 0 Å². The Labute approximate surface area is 298 Å². The van der Waals surface area contributed by atoms with Crippen LogP contribution in [0.5, 0.6) is 0 Å². The van der Waals surface area contributed by atoms with Crippen molar-refractivity contribution in [3.63, 3.8) is 0 Å². The Morgan fingerprint density at radius 2 is 0.809 bits per heavy atom. The average molecular weight is 683 g/mol. The molecule has 7 nitrogen and oxygen atoms in total. The fraction of sp³-hybridized carbons (Fsp3) is 0.725. The molecule has 2 fully saturated rings. The van der Waals surface area contributed by atoms with Gasteiger partial charge in [0.25, 0.3) is 0 Å². The molecular weight excluding hydrogens is 592 g/mol. The molecule has 0 aromatic rings. The maximum atomic E-state index is 10.9. The SMILES string of the molecule is C.C.C.C.C.C.C.C.C.C.C.C.CC(=O)C(C)=O.CC(=O)C=C(C)C.CC1=C(C)C(=O)CCC1.O=C1CC(=O)C1.O=C1CCCCC1. The molecule has 7 heteroatoms. The van der Waals surface area contributed by atoms with Gasteiger partial charge in [-0.3, -0.25) is 33.6 Å². The highest BCUT2D eigenvalue weighted by Crippen LogP contribution is 2.20. The van der Waals surface area contributed by atoms with Crippen molar-refractivity contribution in [3.05, 3.63) is 22.8 Å². The molecule has 2 saturated carbocycles. The van der Waals surface area contributed by atoms with Gasteiger partial charge in [0.1, 0.15) is 17.3 Å². The summed E-state index contributed by atoms with van der Waals surface area (Å²) in [6.45, 7) is 11.8. The smallest absolute Gasteiger partial charge is 0.195 e. The predicted molar refractivity (Wildman–Crippen MR) is 217 cm³/mol. The van der Waals surface area contributed by atoms with Crippen molar-refractivity contribution in [2.75, 3.05) is 0 Å². The van der Waals surface area contributed by atoms with Crippen LogP contribution in [0, 0.1) is 0 Å². The van der Waals surface area contributed by atoms with Crippen LogP contribution in [0.15, 0.2) is 22.8 Å². The number of rotatable bonds is 2. The van der Waals surface area contributed by atoms with Crippen molar-refractivity contribution in [3.8, 4) is 0 Å². The van der Waals surface area contributed by atoms with Crippen LogP contribution in [-0.2, 0) is 33.6 Å². The molecule has 0 spiro atoms. The number of hydrogen-bond acceptors (Lipinski definition) is 7. The molecule has 3 rings (SSSR count). The van der Waals surface area contributed by atoms with Crippen LogP contribution in [0.4, 0.5) is 0 Å². The van der Waals surface area contributed by atoms with Crippen LogP contribution in [0.1, 0.15) is 202 Å². The van der Waals surface area contributed by atoms with Crippen molar-refractivity contribution in [1.82, 2.24) is 0 Å². The van der Waals surface area contributed by atoms with Crippen molar-refractivity contribution in [1.29, 1.82) is 0 Å². The van der Waals surface area contributed by atoms with Gasteiger partial charge < -0.3 is 0 Å². The molecule has 0 aromatic carbocycles. The zero-order chi connectivity index (χ0) is 27.6. The van der Waals surface area contributed by atoms with Gasteiger partial charge in [0.15, 0.2) is 23.1 Å². The lowest BCUT2D eigenvalue weighted by Crippen LogP contribution is -2.21. The van der Waals surface area contributed by atoms with E-state index in [0.717, 1.165) is 56.1 Å². The molecule has 47 heavy (non-hydrogen) atoms. The fourth-order valence-corrected chi connectivity index (χ4v) is 2.87. The van der Waals surface area contributed by atoms with Gasteiger partial charge in [0.05, 0.1) is 12.8 Å². The Morgan fingerprint density at radius 3 is 0.936 bits per heavy atom. The first-order chi connectivity index (χ1) is 16.2. The second-order valence-electron chi connectivity index (χ2n) is 9.16. The molecule has 0 unspecified atom stereocenters. The second-order valence-corrected chi connectivity index (χ2v) is 9.16. The maximum absolute atomic E-state index is 10.9. The van der Waals surface area contributed by atoms with E-state index >= 15 is 0 Å². The molecule has 3 aliphatic carbocycles. The minimum atomic E-state index is -0.380. The van der Waals surface area contributed by atoms with Gasteiger partial charge in [-0.2, -0.15) is 0 Å². The van der Waals surface area contributed by atoms with Crippen LogP contribution >= 0.6 is 0 Å². The van der Waals surface area contributed by atoms with E-state index in [1.54, 1.807) is 13.0 Å². The summed E-state index contributed by atoms with van der Waals surface area (Å²) in [5.41, 5.74) is 3.35. The van der Waals surface area contributed by atoms with E-state index in [1.165, 1.54) is 25.8 Å². The van der Waals surface area contributed by atoms with Gasteiger partial charge in [0, 0.05) is 33.1 Å². The summed E-state index contributed by atoms with van der Waals surface area (Å²) >= 11 is 0. The zero-order valence-electron chi connectivity index (χ0n) is 22.5. The third-order valence-electron chi connectivity index (χ3n) is 5.20. The van der Waals surface area contributed by atoms with Gasteiger partial charge >= 0.3 is 0 Å². The molecule has 0 aromatic heterocycles. The summed E-state index contributed by atoms with van der Waals surface area (Å²) in [6.07, 6.45) is 10.2. The average Bonchev–Trinajstić information content (AvgIpc) is 2.72. The summed E-state index contributed by atoms with van der Waals surface area (Å²) in [4.78, 5) is 71.0. The summed E-state index contributed by atoms with van der Waals surface area (Å²) in [5, 5.41) is 0. The number of hydrogen-bond donors (Lipinski definition) is 0. The molecule has 0 atom stereocenters. The number of ketones is 7. The number of carbonyl (C=O) groups is 7. The standard InChI is InChI=1S/C8H12O.2C6H10O.C4H4O2.C4H6O2.12CH4/c1-6-4-3-5-8(9)7(6)2;7-6-4-2-1-3-5-6;1-5(2)4-6(3)7;5-3-1-4(6)2-3;1-3(5)4(2)6;;;;;;;;;;;;/h3-5H2,1-2H3;1-5H2;4H,1-3H3;1-2H2;1-2H3;12*1H4. The van der Waals surface area contributed by atoms with Gasteiger partial charge in [0.2, 0.25) is 0 Å². The van der Waals surface area contributed by atoms with Gasteiger partial charge in [-0.05, 0) is 72.0 Å². The Kier molecular flexibility index (Phi) is 101. The fourth-order valence-electron chi connectivity index (χ4n) is 2.87. The lowest BCUT2D eigenvalue weighted by molar-refractivity contribution is -0.137. The van der Waals surface area contributed by atoms with Gasteiger partial charge in [-0.15, -0.1) is 0 Å². The molecule has 0 amide bonds. The van der Waals surface area contributed by atoms with E-state index < -0.39 is 0 Å². The Hall–Kier alpha value is -2.83. The van der Waals surface area contributed by atoms with Crippen LogP contribution in [-0.4, -0.2) is 40.5 Å². The highest BCUT2D eigenvalue weighted by Gasteiger charge is 2.21. The lowest BCUT2D eigenvalue weighted by Gasteiger charge is -2.11. The molecule has 0 heterocycles. The number of carbonyl (C=O) groups excluding carboxylic acids is 7. The van der Waals surface area contributed by atoms with Crippen molar-refractivity contribution in [2.24, 2.45) is 0 Å². The lowest BCUT2D eigenvalue weighted by atomic mass is 9.93. The number of Topliss-reactive ketones (excluding diaryl/α,β-unsaturated/α-hetero) is 6. The van der Waals surface area contributed by atoms with Crippen molar-refractivity contribution in [2.45, 2.75) is 202 Å². The maximum Gasteiger partial charge on any atom is 0.195 e. The molecule has 0 saturated heterocycles. The molecule has 292 valence electrons. The summed E-state index contributed by atoms with van der Waals surface area (Å²) < 4.78 is 0. The van der Waals surface area contributed by atoms with E-state index in [2.05, 4.69) is 0 Å².